The van der Waals surface area contributed by atoms with Crippen LogP contribution in [-0.4, -0.2) is 15.0 Å². The molecule has 2 aromatic heterocycles. The Bertz CT molecular complexity index is 1140. The molecule has 3 aromatic rings. The summed E-state index contributed by atoms with van der Waals surface area (Å²) in [5.74, 6) is -0.459. The molecule has 0 saturated heterocycles. The quantitative estimate of drug-likeness (QED) is 0.749. The van der Waals surface area contributed by atoms with Crippen LogP contribution in [0.2, 0.25) is 5.02 Å². The van der Waals surface area contributed by atoms with Crippen LogP contribution in [0.4, 0.5) is 0 Å². The molecule has 1 aromatic carbocycles. The summed E-state index contributed by atoms with van der Waals surface area (Å²) >= 11 is 5.86. The van der Waals surface area contributed by atoms with Gasteiger partial charge in [0.1, 0.15) is 11.2 Å². The van der Waals surface area contributed by atoms with Gasteiger partial charge in [-0.1, -0.05) is 30.7 Å². The Kier molecular flexibility index (Phi) is 5.19. The van der Waals surface area contributed by atoms with Gasteiger partial charge in [0.05, 0.1) is 5.39 Å². The first kappa shape index (κ1) is 18.9. The highest BCUT2D eigenvalue weighted by Crippen LogP contribution is 2.12. The van der Waals surface area contributed by atoms with E-state index in [1.807, 2.05) is 19.1 Å². The van der Waals surface area contributed by atoms with Crippen LogP contribution in [0.25, 0.3) is 11.0 Å². The number of carbonyl (C=O) groups is 1. The van der Waals surface area contributed by atoms with Gasteiger partial charge in [-0.05, 0) is 30.2 Å². The minimum atomic E-state index is -0.459. The molecule has 0 unspecified atom stereocenters. The number of aryl methyl sites for hydroxylation is 3. The Morgan fingerprint density at radius 2 is 1.81 bits per heavy atom. The normalized spacial score (nSPS) is 11.0. The third-order valence-electron chi connectivity index (χ3n) is 4.59. The fourth-order valence-electron chi connectivity index (χ4n) is 3.14. The molecule has 0 aliphatic carbocycles. The minimum absolute atomic E-state index is 0.0414. The van der Waals surface area contributed by atoms with Crippen LogP contribution < -0.4 is 16.3 Å². The number of halogens is 1. The Balaban J connectivity index is 2.01. The number of nitrogens with one attached hydrogen (secondary N) is 1. The van der Waals surface area contributed by atoms with E-state index < -0.39 is 5.91 Å². The monoisotopic (exact) mass is 385 g/mol. The number of hydrogen-bond donors (Lipinski definition) is 1. The molecule has 0 atom stereocenters. The second-order valence-corrected chi connectivity index (χ2v) is 6.85. The molecular formula is C20H20ClN3O3. The van der Waals surface area contributed by atoms with Gasteiger partial charge < -0.3 is 9.88 Å². The van der Waals surface area contributed by atoms with Crippen LogP contribution in [0, 0.1) is 0 Å². The molecule has 0 saturated carbocycles. The van der Waals surface area contributed by atoms with Crippen LogP contribution >= 0.6 is 11.6 Å². The summed E-state index contributed by atoms with van der Waals surface area (Å²) in [6, 6.07) is 8.70. The van der Waals surface area contributed by atoms with E-state index in [0.29, 0.717) is 28.0 Å². The molecule has 0 aliphatic heterocycles. The first-order valence-corrected chi connectivity index (χ1v) is 8.96. The van der Waals surface area contributed by atoms with E-state index in [1.54, 1.807) is 36.9 Å². The van der Waals surface area contributed by atoms with Gasteiger partial charge in [-0.15, -0.1) is 0 Å². The van der Waals surface area contributed by atoms with Gasteiger partial charge >= 0.3 is 0 Å². The molecule has 0 fully saturated rings. The molecule has 3 rings (SSSR count). The van der Waals surface area contributed by atoms with E-state index in [1.165, 1.54) is 10.8 Å². The van der Waals surface area contributed by atoms with Crippen molar-refractivity contribution in [3.63, 3.8) is 0 Å². The lowest BCUT2D eigenvalue weighted by molar-refractivity contribution is 0.0949. The van der Waals surface area contributed by atoms with Crippen LogP contribution in [0.3, 0.4) is 0 Å². The minimum Gasteiger partial charge on any atom is -0.348 e. The average Bonchev–Trinajstić information content (AvgIpc) is 2.66. The molecule has 27 heavy (non-hydrogen) atoms. The van der Waals surface area contributed by atoms with Crippen LogP contribution in [0.15, 0.2) is 46.1 Å². The number of carbonyl (C=O) groups excluding carboxylic acids is 1. The second kappa shape index (κ2) is 7.40. The fourth-order valence-corrected chi connectivity index (χ4v) is 3.27. The van der Waals surface area contributed by atoms with E-state index in [0.717, 1.165) is 5.56 Å². The number of fused-ring (bicyclic) bond motifs is 1. The maximum absolute atomic E-state index is 12.9. The summed E-state index contributed by atoms with van der Waals surface area (Å²) in [4.78, 5) is 37.8. The van der Waals surface area contributed by atoms with Gasteiger partial charge in [-0.2, -0.15) is 0 Å². The fraction of sp³-hybridized carbons (Fsp3) is 0.250. The average molecular weight is 386 g/mol. The van der Waals surface area contributed by atoms with Gasteiger partial charge in [0.15, 0.2) is 0 Å². The topological polar surface area (TPSA) is 73.1 Å². The molecule has 1 N–H and O–H groups in total. The largest absolute Gasteiger partial charge is 0.348 e. The van der Waals surface area contributed by atoms with Crippen molar-refractivity contribution >= 4 is 28.5 Å². The third-order valence-corrected chi connectivity index (χ3v) is 4.85. The summed E-state index contributed by atoms with van der Waals surface area (Å²) in [7, 11) is 3.34. The molecule has 140 valence electrons. The number of rotatable bonds is 4. The molecule has 0 aliphatic rings. The highest BCUT2D eigenvalue weighted by Gasteiger charge is 2.17. The summed E-state index contributed by atoms with van der Waals surface area (Å²) in [5, 5.41) is 3.73. The molecule has 2 heterocycles. The lowest BCUT2D eigenvalue weighted by Gasteiger charge is -2.14. The number of benzene rings is 1. The molecule has 1 amide bonds. The van der Waals surface area contributed by atoms with E-state index in [2.05, 4.69) is 5.32 Å². The van der Waals surface area contributed by atoms with Crippen molar-refractivity contribution in [2.24, 2.45) is 14.1 Å². The molecule has 6 nitrogen and oxygen atoms in total. The Hall–Kier alpha value is -2.86. The van der Waals surface area contributed by atoms with Crippen molar-refractivity contribution in [2.75, 3.05) is 0 Å². The second-order valence-electron chi connectivity index (χ2n) is 6.42. The zero-order chi connectivity index (χ0) is 19.7. The smallest absolute Gasteiger partial charge is 0.257 e. The van der Waals surface area contributed by atoms with Crippen LogP contribution in [0.5, 0.6) is 0 Å². The Labute approximate surface area is 161 Å². The molecule has 0 bridgehead atoms. The van der Waals surface area contributed by atoms with Gasteiger partial charge in [-0.3, -0.25) is 19.0 Å². The number of hydrogen-bond acceptors (Lipinski definition) is 3. The van der Waals surface area contributed by atoms with Gasteiger partial charge in [0.25, 0.3) is 11.5 Å². The molecule has 7 heteroatoms. The summed E-state index contributed by atoms with van der Waals surface area (Å²) in [6.07, 6.45) is 1.98. The molecule has 0 radical (unpaired) electrons. The molecular weight excluding hydrogens is 366 g/mol. The lowest BCUT2D eigenvalue weighted by Crippen LogP contribution is -2.31. The summed E-state index contributed by atoms with van der Waals surface area (Å²) < 4.78 is 3.08. The van der Waals surface area contributed by atoms with Crippen LogP contribution in [0.1, 0.15) is 28.4 Å². The lowest BCUT2D eigenvalue weighted by atomic mass is 10.1. The van der Waals surface area contributed by atoms with Crippen molar-refractivity contribution in [3.05, 3.63) is 78.8 Å². The zero-order valence-corrected chi connectivity index (χ0v) is 16.1. The van der Waals surface area contributed by atoms with Crippen molar-refractivity contribution in [1.29, 1.82) is 0 Å². The maximum Gasteiger partial charge on any atom is 0.257 e. The van der Waals surface area contributed by atoms with E-state index in [9.17, 15) is 14.4 Å². The summed E-state index contributed by atoms with van der Waals surface area (Å²) in [6.45, 7) is 2.14. The predicted octanol–water partition coefficient (Wildman–Crippen LogP) is 2.38. The summed E-state index contributed by atoms with van der Waals surface area (Å²) in [5.41, 5.74) is 1.42. The Morgan fingerprint density at radius 3 is 2.44 bits per heavy atom. The van der Waals surface area contributed by atoms with Crippen LogP contribution in [-0.2, 0) is 27.1 Å². The Morgan fingerprint density at radius 1 is 1.15 bits per heavy atom. The molecule has 0 spiro atoms. The van der Waals surface area contributed by atoms with Gasteiger partial charge in [0.2, 0.25) is 5.43 Å². The zero-order valence-electron chi connectivity index (χ0n) is 15.4. The van der Waals surface area contributed by atoms with E-state index in [4.69, 9.17) is 11.6 Å². The number of nitrogens with zero attached hydrogens (tertiary/aromatic N) is 2. The third kappa shape index (κ3) is 3.53. The SMILES string of the molecule is CCc1cc2c(=O)c(C(=O)NCc3ccc(Cl)cc3)cn(C)c2n(C)c1=O. The number of pyridine rings is 2. The van der Waals surface area contributed by atoms with Gasteiger partial charge in [-0.25, -0.2) is 0 Å². The van der Waals surface area contributed by atoms with E-state index in [-0.39, 0.29) is 23.1 Å². The highest BCUT2D eigenvalue weighted by atomic mass is 35.5. The van der Waals surface area contributed by atoms with Crippen molar-refractivity contribution < 1.29 is 4.79 Å². The number of amides is 1. The highest BCUT2D eigenvalue weighted by molar-refractivity contribution is 6.30. The first-order chi connectivity index (χ1) is 12.8. The standard InChI is InChI=1S/C20H20ClN3O3/c1-4-13-9-15-17(25)16(11-23(2)19(15)24(3)20(13)27)18(26)22-10-12-5-7-14(21)8-6-12/h5-9,11H,4,10H2,1-3H3,(H,22,26). The van der Waals surface area contributed by atoms with Crippen molar-refractivity contribution in [3.8, 4) is 0 Å². The van der Waals surface area contributed by atoms with E-state index >= 15 is 0 Å². The first-order valence-electron chi connectivity index (χ1n) is 8.58. The number of aromatic nitrogens is 2. The predicted molar refractivity (Wildman–Crippen MR) is 106 cm³/mol. The van der Waals surface area contributed by atoms with Crippen molar-refractivity contribution in [2.45, 2.75) is 19.9 Å². The van der Waals surface area contributed by atoms with Crippen molar-refractivity contribution in [1.82, 2.24) is 14.5 Å². The maximum atomic E-state index is 12.9. The van der Waals surface area contributed by atoms with Gasteiger partial charge in [0, 0.05) is 37.4 Å².